The molecule has 1 saturated carbocycles. The van der Waals surface area contributed by atoms with Crippen LogP contribution in [-0.2, 0) is 0 Å². The molecule has 1 rings (SSSR count). The van der Waals surface area contributed by atoms with Gasteiger partial charge in [0.05, 0.1) is 0 Å². The maximum absolute atomic E-state index is 2.42. The largest absolute Gasteiger partial charge is 0.0772 e. The minimum Gasteiger partial charge on any atom is -0.0772 e. The molecule has 1 aliphatic carbocycles. The first-order chi connectivity index (χ1) is 7.13. The highest BCUT2D eigenvalue weighted by atomic mass is 14.2. The summed E-state index contributed by atoms with van der Waals surface area (Å²) in [6, 6.07) is 0. The molecular weight excluding hydrogens is 180 g/mol. The molecule has 0 saturated heterocycles. The van der Waals surface area contributed by atoms with Crippen LogP contribution >= 0.6 is 0 Å². The Hall–Kier alpha value is -0.260. The molecule has 0 aromatic rings. The molecule has 0 heteroatoms. The maximum atomic E-state index is 2.42. The van der Waals surface area contributed by atoms with Gasteiger partial charge in [0.25, 0.3) is 0 Å². The third-order valence-electron chi connectivity index (χ3n) is 4.05. The van der Waals surface area contributed by atoms with Crippen molar-refractivity contribution in [3.8, 4) is 0 Å². The first kappa shape index (κ1) is 12.8. The van der Waals surface area contributed by atoms with Crippen LogP contribution in [0.2, 0.25) is 0 Å². The lowest BCUT2D eigenvalue weighted by Gasteiger charge is -2.17. The molecule has 15 heavy (non-hydrogen) atoms. The van der Waals surface area contributed by atoms with Gasteiger partial charge in [-0.15, -0.1) is 0 Å². The number of rotatable bonds is 3. The third kappa shape index (κ3) is 4.40. The van der Waals surface area contributed by atoms with Crippen LogP contribution in [0.3, 0.4) is 0 Å². The van der Waals surface area contributed by atoms with Gasteiger partial charge in [0.2, 0.25) is 0 Å². The van der Waals surface area contributed by atoms with Gasteiger partial charge in [0, 0.05) is 0 Å². The van der Waals surface area contributed by atoms with Crippen molar-refractivity contribution in [2.75, 3.05) is 0 Å². The summed E-state index contributed by atoms with van der Waals surface area (Å²) in [5, 5.41) is 0. The molecule has 0 amide bonds. The van der Waals surface area contributed by atoms with Gasteiger partial charge in [0.1, 0.15) is 0 Å². The molecule has 1 aliphatic rings. The van der Waals surface area contributed by atoms with E-state index in [2.05, 4.69) is 27.7 Å². The van der Waals surface area contributed by atoms with Crippen molar-refractivity contribution in [2.45, 2.75) is 72.6 Å². The molecule has 2 unspecified atom stereocenters. The first-order valence-corrected chi connectivity index (χ1v) is 6.78. The average molecular weight is 208 g/mol. The highest BCUT2D eigenvalue weighted by Crippen LogP contribution is 2.32. The van der Waals surface area contributed by atoms with E-state index >= 15 is 0 Å². The summed E-state index contributed by atoms with van der Waals surface area (Å²) in [6.07, 6.45) is 9.97. The molecule has 0 bridgehead atoms. The molecule has 1 fully saturated rings. The van der Waals surface area contributed by atoms with E-state index in [0.29, 0.717) is 0 Å². The SMILES string of the molecule is CCC(CC1CCCC(C)CC1)=C(C)C. The lowest BCUT2D eigenvalue weighted by atomic mass is 9.89. The second-order valence-electron chi connectivity index (χ2n) is 5.64. The summed E-state index contributed by atoms with van der Waals surface area (Å²) >= 11 is 0. The standard InChI is InChI=1S/C15H28/c1-5-15(12(2)3)11-14-8-6-7-13(4)9-10-14/h13-14H,5-11H2,1-4H3. The van der Waals surface area contributed by atoms with Crippen molar-refractivity contribution in [1.82, 2.24) is 0 Å². The van der Waals surface area contributed by atoms with E-state index in [1.165, 1.54) is 44.9 Å². The Bertz CT molecular complexity index is 208. The zero-order chi connectivity index (χ0) is 11.3. The fourth-order valence-corrected chi connectivity index (χ4v) is 2.82. The monoisotopic (exact) mass is 208 g/mol. The van der Waals surface area contributed by atoms with Crippen LogP contribution in [-0.4, -0.2) is 0 Å². The van der Waals surface area contributed by atoms with Gasteiger partial charge in [-0.1, -0.05) is 50.7 Å². The van der Waals surface area contributed by atoms with Gasteiger partial charge in [0.15, 0.2) is 0 Å². The van der Waals surface area contributed by atoms with Crippen LogP contribution < -0.4 is 0 Å². The second kappa shape index (κ2) is 6.35. The molecule has 0 spiro atoms. The Morgan fingerprint density at radius 1 is 1.07 bits per heavy atom. The predicted octanol–water partition coefficient (Wildman–Crippen LogP) is 5.34. The van der Waals surface area contributed by atoms with Crippen LogP contribution in [0.1, 0.15) is 72.6 Å². The fourth-order valence-electron chi connectivity index (χ4n) is 2.82. The summed E-state index contributed by atoms with van der Waals surface area (Å²) in [6.45, 7) is 9.28. The summed E-state index contributed by atoms with van der Waals surface area (Å²) in [5.74, 6) is 1.96. The molecule has 0 aromatic heterocycles. The quantitative estimate of drug-likeness (QED) is 0.434. The van der Waals surface area contributed by atoms with Gasteiger partial charge < -0.3 is 0 Å². The average Bonchev–Trinajstić information content (AvgIpc) is 2.39. The van der Waals surface area contributed by atoms with Crippen molar-refractivity contribution < 1.29 is 0 Å². The van der Waals surface area contributed by atoms with Crippen molar-refractivity contribution in [2.24, 2.45) is 11.8 Å². The van der Waals surface area contributed by atoms with Crippen molar-refractivity contribution >= 4 is 0 Å². The van der Waals surface area contributed by atoms with Crippen LogP contribution in [0, 0.1) is 11.8 Å². The normalized spacial score (nSPS) is 27.2. The van der Waals surface area contributed by atoms with Gasteiger partial charge in [-0.05, 0) is 44.9 Å². The maximum Gasteiger partial charge on any atom is -0.0289 e. The zero-order valence-corrected chi connectivity index (χ0v) is 11.1. The Balaban J connectivity index is 2.47. The van der Waals surface area contributed by atoms with Gasteiger partial charge in [-0.2, -0.15) is 0 Å². The summed E-state index contributed by atoms with van der Waals surface area (Å²) in [7, 11) is 0. The van der Waals surface area contributed by atoms with Crippen molar-refractivity contribution in [3.63, 3.8) is 0 Å². The van der Waals surface area contributed by atoms with Crippen molar-refractivity contribution in [1.29, 1.82) is 0 Å². The first-order valence-electron chi connectivity index (χ1n) is 6.78. The minimum absolute atomic E-state index is 0.978. The van der Waals surface area contributed by atoms with Crippen LogP contribution in [0.25, 0.3) is 0 Å². The molecule has 0 aromatic carbocycles. The molecule has 0 N–H and O–H groups in total. The highest BCUT2D eigenvalue weighted by Gasteiger charge is 2.17. The Labute approximate surface area is 96.2 Å². The lowest BCUT2D eigenvalue weighted by molar-refractivity contribution is 0.438. The third-order valence-corrected chi connectivity index (χ3v) is 4.05. The van der Waals surface area contributed by atoms with Crippen LogP contribution in [0.5, 0.6) is 0 Å². The highest BCUT2D eigenvalue weighted by molar-refractivity contribution is 5.10. The molecular formula is C15H28. The predicted molar refractivity (Wildman–Crippen MR) is 69.0 cm³/mol. The zero-order valence-electron chi connectivity index (χ0n) is 11.1. The fraction of sp³-hybridized carbons (Fsp3) is 0.867. The summed E-state index contributed by atoms with van der Waals surface area (Å²) in [4.78, 5) is 0. The molecule has 0 nitrogen and oxygen atoms in total. The van der Waals surface area contributed by atoms with Gasteiger partial charge in [-0.25, -0.2) is 0 Å². The lowest BCUT2D eigenvalue weighted by Crippen LogP contribution is -2.02. The van der Waals surface area contributed by atoms with Gasteiger partial charge >= 0.3 is 0 Å². The molecule has 0 aliphatic heterocycles. The second-order valence-corrected chi connectivity index (χ2v) is 5.64. The minimum atomic E-state index is 0.978. The van der Waals surface area contributed by atoms with Gasteiger partial charge in [-0.3, -0.25) is 0 Å². The van der Waals surface area contributed by atoms with Crippen LogP contribution in [0.15, 0.2) is 11.1 Å². The van der Waals surface area contributed by atoms with Crippen LogP contribution in [0.4, 0.5) is 0 Å². The van der Waals surface area contributed by atoms with E-state index in [4.69, 9.17) is 0 Å². The van der Waals surface area contributed by atoms with E-state index < -0.39 is 0 Å². The molecule has 0 heterocycles. The Kier molecular flexibility index (Phi) is 5.42. The van der Waals surface area contributed by atoms with E-state index in [-0.39, 0.29) is 0 Å². The van der Waals surface area contributed by atoms with Crippen molar-refractivity contribution in [3.05, 3.63) is 11.1 Å². The topological polar surface area (TPSA) is 0 Å². The summed E-state index contributed by atoms with van der Waals surface area (Å²) < 4.78 is 0. The molecule has 0 radical (unpaired) electrons. The smallest absolute Gasteiger partial charge is 0.0289 e. The Morgan fingerprint density at radius 2 is 1.80 bits per heavy atom. The molecule has 2 atom stereocenters. The van der Waals surface area contributed by atoms with E-state index in [9.17, 15) is 0 Å². The summed E-state index contributed by atoms with van der Waals surface area (Å²) in [5.41, 5.74) is 3.28. The van der Waals surface area contributed by atoms with E-state index in [1.807, 2.05) is 0 Å². The van der Waals surface area contributed by atoms with E-state index in [0.717, 1.165) is 11.8 Å². The number of hydrogen-bond acceptors (Lipinski definition) is 0. The van der Waals surface area contributed by atoms with E-state index in [1.54, 1.807) is 11.1 Å². The number of hydrogen-bond donors (Lipinski definition) is 0. The molecule has 88 valence electrons. The number of allylic oxidation sites excluding steroid dienone is 2. The Morgan fingerprint density at radius 3 is 2.40 bits per heavy atom.